The van der Waals surface area contributed by atoms with Crippen molar-refractivity contribution in [3.05, 3.63) is 35.9 Å². The van der Waals surface area contributed by atoms with Crippen LogP contribution in [0.5, 0.6) is 0 Å². The van der Waals surface area contributed by atoms with E-state index < -0.39 is 0 Å². The van der Waals surface area contributed by atoms with E-state index in [2.05, 4.69) is 41.0 Å². The number of rotatable bonds is 5. The van der Waals surface area contributed by atoms with Crippen LogP contribution in [0.15, 0.2) is 30.3 Å². The largest absolute Gasteiger partial charge is 0.353 e. The van der Waals surface area contributed by atoms with Gasteiger partial charge in [0.05, 0.1) is 6.54 Å². The molecule has 1 fully saturated rings. The standard InChI is InChI=1S/C18H28N2O/c1-14(2)20-18(21)13-19-17-10-6-9-16(11-12-17)15-7-4-3-5-8-15/h3-5,7-8,14,16-17,19H,6,9-13H2,1-2H3,(H,20,21). The lowest BCUT2D eigenvalue weighted by Crippen LogP contribution is -2.41. The van der Waals surface area contributed by atoms with Crippen LogP contribution in [0.25, 0.3) is 0 Å². The normalized spacial score (nSPS) is 22.8. The number of hydrogen-bond acceptors (Lipinski definition) is 2. The summed E-state index contributed by atoms with van der Waals surface area (Å²) in [7, 11) is 0. The SMILES string of the molecule is CC(C)NC(=O)CNC1CCCC(c2ccccc2)CC1. The van der Waals surface area contributed by atoms with Crippen molar-refractivity contribution in [3.63, 3.8) is 0 Å². The van der Waals surface area contributed by atoms with Gasteiger partial charge in [-0.3, -0.25) is 4.79 Å². The Morgan fingerprint density at radius 2 is 1.90 bits per heavy atom. The molecule has 2 unspecified atom stereocenters. The molecule has 116 valence electrons. The van der Waals surface area contributed by atoms with Gasteiger partial charge in [-0.2, -0.15) is 0 Å². The molecule has 1 aromatic rings. The molecule has 1 aliphatic rings. The molecule has 0 radical (unpaired) electrons. The lowest BCUT2D eigenvalue weighted by atomic mass is 9.92. The van der Waals surface area contributed by atoms with Gasteiger partial charge < -0.3 is 10.6 Å². The molecule has 21 heavy (non-hydrogen) atoms. The van der Waals surface area contributed by atoms with Crippen LogP contribution in [-0.2, 0) is 4.79 Å². The van der Waals surface area contributed by atoms with E-state index in [4.69, 9.17) is 0 Å². The lowest BCUT2D eigenvalue weighted by Gasteiger charge is -2.17. The second-order valence-electron chi connectivity index (χ2n) is 6.42. The van der Waals surface area contributed by atoms with Gasteiger partial charge in [0, 0.05) is 12.1 Å². The highest BCUT2D eigenvalue weighted by molar-refractivity contribution is 5.78. The highest BCUT2D eigenvalue weighted by Gasteiger charge is 2.20. The van der Waals surface area contributed by atoms with Crippen molar-refractivity contribution in [3.8, 4) is 0 Å². The molecule has 0 bridgehead atoms. The summed E-state index contributed by atoms with van der Waals surface area (Å²) in [4.78, 5) is 11.7. The van der Waals surface area contributed by atoms with Gasteiger partial charge in [-0.05, 0) is 51.0 Å². The van der Waals surface area contributed by atoms with Crippen LogP contribution in [0.4, 0.5) is 0 Å². The summed E-state index contributed by atoms with van der Waals surface area (Å²) in [6.45, 7) is 4.43. The molecule has 3 nitrogen and oxygen atoms in total. The molecule has 3 heteroatoms. The van der Waals surface area contributed by atoms with Gasteiger partial charge in [-0.15, -0.1) is 0 Å². The van der Waals surface area contributed by atoms with Crippen molar-refractivity contribution >= 4 is 5.91 Å². The Balaban J connectivity index is 1.77. The van der Waals surface area contributed by atoms with Crippen LogP contribution in [0, 0.1) is 0 Å². The fraction of sp³-hybridized carbons (Fsp3) is 0.611. The Bertz CT molecular complexity index is 430. The maximum absolute atomic E-state index is 11.7. The van der Waals surface area contributed by atoms with Gasteiger partial charge in [0.15, 0.2) is 0 Å². The number of carbonyl (C=O) groups excluding carboxylic acids is 1. The van der Waals surface area contributed by atoms with Crippen LogP contribution in [0.1, 0.15) is 57.4 Å². The highest BCUT2D eigenvalue weighted by Crippen LogP contribution is 2.31. The van der Waals surface area contributed by atoms with E-state index in [-0.39, 0.29) is 11.9 Å². The molecular formula is C18H28N2O. The highest BCUT2D eigenvalue weighted by atomic mass is 16.1. The van der Waals surface area contributed by atoms with E-state index in [9.17, 15) is 4.79 Å². The predicted molar refractivity (Wildman–Crippen MR) is 87.3 cm³/mol. The van der Waals surface area contributed by atoms with Crippen molar-refractivity contribution in [2.45, 2.75) is 64.0 Å². The number of benzene rings is 1. The molecule has 2 N–H and O–H groups in total. The molecule has 2 atom stereocenters. The van der Waals surface area contributed by atoms with E-state index in [0.717, 1.165) is 6.42 Å². The lowest BCUT2D eigenvalue weighted by molar-refractivity contribution is -0.120. The first kappa shape index (κ1) is 16.0. The van der Waals surface area contributed by atoms with Crippen molar-refractivity contribution in [1.82, 2.24) is 10.6 Å². The van der Waals surface area contributed by atoms with Crippen molar-refractivity contribution < 1.29 is 4.79 Å². The van der Waals surface area contributed by atoms with E-state index in [1.165, 1.54) is 31.2 Å². The van der Waals surface area contributed by atoms with E-state index >= 15 is 0 Å². The van der Waals surface area contributed by atoms with Crippen LogP contribution in [0.2, 0.25) is 0 Å². The first-order chi connectivity index (χ1) is 10.1. The third kappa shape index (κ3) is 5.50. The van der Waals surface area contributed by atoms with Crippen LogP contribution >= 0.6 is 0 Å². The first-order valence-corrected chi connectivity index (χ1v) is 8.23. The van der Waals surface area contributed by atoms with E-state index in [0.29, 0.717) is 18.5 Å². The molecule has 1 saturated carbocycles. The fourth-order valence-corrected chi connectivity index (χ4v) is 3.17. The maximum atomic E-state index is 11.7. The Morgan fingerprint density at radius 1 is 1.14 bits per heavy atom. The summed E-state index contributed by atoms with van der Waals surface area (Å²) in [5, 5.41) is 6.36. The maximum Gasteiger partial charge on any atom is 0.234 e. The average Bonchev–Trinajstić information content (AvgIpc) is 2.71. The van der Waals surface area contributed by atoms with Gasteiger partial charge in [0.25, 0.3) is 0 Å². The number of carbonyl (C=O) groups is 1. The second kappa shape index (κ2) is 8.18. The monoisotopic (exact) mass is 288 g/mol. The molecule has 2 rings (SSSR count). The third-order valence-corrected chi connectivity index (χ3v) is 4.24. The molecule has 0 aliphatic heterocycles. The fourth-order valence-electron chi connectivity index (χ4n) is 3.17. The molecule has 1 amide bonds. The second-order valence-corrected chi connectivity index (χ2v) is 6.42. The Kier molecular flexibility index (Phi) is 6.24. The van der Waals surface area contributed by atoms with Crippen LogP contribution in [0.3, 0.4) is 0 Å². The number of hydrogen-bond donors (Lipinski definition) is 2. The van der Waals surface area contributed by atoms with Gasteiger partial charge in [0.2, 0.25) is 5.91 Å². The zero-order valence-electron chi connectivity index (χ0n) is 13.3. The van der Waals surface area contributed by atoms with Gasteiger partial charge in [-0.1, -0.05) is 36.8 Å². The third-order valence-electron chi connectivity index (χ3n) is 4.24. The zero-order valence-corrected chi connectivity index (χ0v) is 13.3. The molecule has 1 aliphatic carbocycles. The first-order valence-electron chi connectivity index (χ1n) is 8.23. The minimum Gasteiger partial charge on any atom is -0.353 e. The zero-order chi connectivity index (χ0) is 15.1. The summed E-state index contributed by atoms with van der Waals surface area (Å²) >= 11 is 0. The quantitative estimate of drug-likeness (QED) is 0.817. The Morgan fingerprint density at radius 3 is 2.62 bits per heavy atom. The topological polar surface area (TPSA) is 41.1 Å². The smallest absolute Gasteiger partial charge is 0.234 e. The van der Waals surface area contributed by atoms with E-state index in [1.807, 2.05) is 13.8 Å². The van der Waals surface area contributed by atoms with Crippen molar-refractivity contribution in [2.24, 2.45) is 0 Å². The van der Waals surface area contributed by atoms with Crippen molar-refractivity contribution in [2.75, 3.05) is 6.54 Å². The van der Waals surface area contributed by atoms with Gasteiger partial charge >= 0.3 is 0 Å². The number of amides is 1. The average molecular weight is 288 g/mol. The summed E-state index contributed by atoms with van der Waals surface area (Å²) in [5.74, 6) is 0.788. The minimum atomic E-state index is 0.105. The van der Waals surface area contributed by atoms with Gasteiger partial charge in [0.1, 0.15) is 0 Å². The van der Waals surface area contributed by atoms with Gasteiger partial charge in [-0.25, -0.2) is 0 Å². The summed E-state index contributed by atoms with van der Waals surface area (Å²) in [6.07, 6.45) is 6.06. The van der Waals surface area contributed by atoms with Crippen LogP contribution < -0.4 is 10.6 Å². The minimum absolute atomic E-state index is 0.105. The summed E-state index contributed by atoms with van der Waals surface area (Å²) < 4.78 is 0. The van der Waals surface area contributed by atoms with Crippen molar-refractivity contribution in [1.29, 1.82) is 0 Å². The molecular weight excluding hydrogens is 260 g/mol. The Labute approximate surface area is 128 Å². The van der Waals surface area contributed by atoms with Crippen LogP contribution in [-0.4, -0.2) is 24.5 Å². The summed E-state index contributed by atoms with van der Waals surface area (Å²) in [5.41, 5.74) is 1.47. The molecule has 0 aromatic heterocycles. The molecule has 0 spiro atoms. The number of nitrogens with one attached hydrogen (secondary N) is 2. The molecule has 0 heterocycles. The predicted octanol–water partition coefficient (Wildman–Crippen LogP) is 3.22. The summed E-state index contributed by atoms with van der Waals surface area (Å²) in [6, 6.07) is 11.5. The van der Waals surface area contributed by atoms with E-state index in [1.54, 1.807) is 0 Å². The molecule has 0 saturated heterocycles. The molecule has 1 aromatic carbocycles. The Hall–Kier alpha value is -1.35.